The van der Waals surface area contributed by atoms with Crippen molar-refractivity contribution in [3.05, 3.63) is 77.7 Å². The summed E-state index contributed by atoms with van der Waals surface area (Å²) in [5, 5.41) is 9.05. The van der Waals surface area contributed by atoms with E-state index in [-0.39, 0.29) is 12.5 Å². The third kappa shape index (κ3) is 3.34. The van der Waals surface area contributed by atoms with Gasteiger partial charge in [-0.25, -0.2) is 0 Å². The van der Waals surface area contributed by atoms with Gasteiger partial charge in [-0.05, 0) is 30.3 Å². The van der Waals surface area contributed by atoms with Crippen molar-refractivity contribution in [2.75, 3.05) is 0 Å². The second kappa shape index (κ2) is 7.06. The summed E-state index contributed by atoms with van der Waals surface area (Å²) in [6.07, 6.45) is 1.58. The molecule has 0 radical (unpaired) electrons. The molecule has 2 aromatic carbocycles. The lowest BCUT2D eigenvalue weighted by atomic mass is 10.1. The van der Waals surface area contributed by atoms with Crippen molar-refractivity contribution >= 4 is 28.4 Å². The molecular weight excluding hydrogens is 350 g/mol. The van der Waals surface area contributed by atoms with E-state index in [0.29, 0.717) is 17.3 Å². The van der Waals surface area contributed by atoms with Gasteiger partial charge in [-0.2, -0.15) is 5.10 Å². The Morgan fingerprint density at radius 3 is 2.73 bits per heavy atom. The largest absolute Gasteiger partial charge is 0.467 e. The van der Waals surface area contributed by atoms with Crippen LogP contribution in [0.2, 0.25) is 5.02 Å². The molecule has 4 aromatic rings. The van der Waals surface area contributed by atoms with Crippen LogP contribution in [0.1, 0.15) is 5.76 Å². The summed E-state index contributed by atoms with van der Waals surface area (Å²) in [5.41, 5.74) is 2.65. The predicted molar refractivity (Wildman–Crippen MR) is 101 cm³/mol. The van der Waals surface area contributed by atoms with Gasteiger partial charge < -0.3 is 9.73 Å². The Balaban J connectivity index is 1.63. The van der Waals surface area contributed by atoms with Crippen molar-refractivity contribution in [2.24, 2.45) is 0 Å². The van der Waals surface area contributed by atoms with Gasteiger partial charge in [-0.3, -0.25) is 9.48 Å². The highest BCUT2D eigenvalue weighted by Gasteiger charge is 2.15. The number of hydrogen-bond acceptors (Lipinski definition) is 3. The van der Waals surface area contributed by atoms with E-state index in [1.807, 2.05) is 48.5 Å². The first-order chi connectivity index (χ1) is 12.7. The molecule has 0 bridgehead atoms. The van der Waals surface area contributed by atoms with E-state index in [1.54, 1.807) is 23.1 Å². The molecule has 5 nitrogen and oxygen atoms in total. The standard InChI is InChI=1S/C20H16ClN3O2/c21-15-8-9-18-17(11-15)20(14-5-2-1-3-6-14)23-24(18)13-19(25)22-12-16-7-4-10-26-16/h1-11H,12-13H2,(H,22,25). The number of hydrogen-bond donors (Lipinski definition) is 1. The van der Waals surface area contributed by atoms with E-state index in [4.69, 9.17) is 16.0 Å². The number of fused-ring (bicyclic) bond motifs is 1. The van der Waals surface area contributed by atoms with Crippen LogP contribution in [-0.2, 0) is 17.9 Å². The molecule has 0 aliphatic rings. The van der Waals surface area contributed by atoms with Crippen LogP contribution in [0.25, 0.3) is 22.2 Å². The van der Waals surface area contributed by atoms with Crippen molar-refractivity contribution < 1.29 is 9.21 Å². The van der Waals surface area contributed by atoms with Gasteiger partial charge in [-0.1, -0.05) is 41.9 Å². The summed E-state index contributed by atoms with van der Waals surface area (Å²) < 4.78 is 6.93. The SMILES string of the molecule is O=C(Cn1nc(-c2ccccc2)c2cc(Cl)ccc21)NCc1ccco1. The minimum Gasteiger partial charge on any atom is -0.467 e. The number of furan rings is 1. The normalized spacial score (nSPS) is 11.0. The lowest BCUT2D eigenvalue weighted by Crippen LogP contribution is -2.27. The molecule has 6 heteroatoms. The molecular formula is C20H16ClN3O2. The van der Waals surface area contributed by atoms with Crippen molar-refractivity contribution in [1.29, 1.82) is 0 Å². The van der Waals surface area contributed by atoms with Crippen LogP contribution in [0.15, 0.2) is 71.3 Å². The van der Waals surface area contributed by atoms with Gasteiger partial charge in [0.2, 0.25) is 5.91 Å². The van der Waals surface area contributed by atoms with Crippen LogP contribution in [0, 0.1) is 0 Å². The summed E-state index contributed by atoms with van der Waals surface area (Å²) in [6.45, 7) is 0.466. The average molecular weight is 366 g/mol. The van der Waals surface area contributed by atoms with Crippen LogP contribution in [0.5, 0.6) is 0 Å². The molecule has 0 aliphatic carbocycles. The van der Waals surface area contributed by atoms with E-state index in [0.717, 1.165) is 22.2 Å². The molecule has 0 aliphatic heterocycles. The molecule has 26 heavy (non-hydrogen) atoms. The summed E-state index contributed by atoms with van der Waals surface area (Å²) in [4.78, 5) is 12.3. The number of rotatable bonds is 5. The van der Waals surface area contributed by atoms with E-state index in [1.165, 1.54) is 0 Å². The maximum atomic E-state index is 12.3. The van der Waals surface area contributed by atoms with Gasteiger partial charge in [0.25, 0.3) is 0 Å². The zero-order valence-corrected chi connectivity index (χ0v) is 14.6. The van der Waals surface area contributed by atoms with E-state index in [9.17, 15) is 4.79 Å². The monoisotopic (exact) mass is 365 g/mol. The Kier molecular flexibility index (Phi) is 4.46. The number of carbonyl (C=O) groups is 1. The minimum absolute atomic E-state index is 0.117. The number of aromatic nitrogens is 2. The molecule has 1 N–H and O–H groups in total. The molecule has 130 valence electrons. The fourth-order valence-corrected chi connectivity index (χ4v) is 3.04. The maximum Gasteiger partial charge on any atom is 0.242 e. The lowest BCUT2D eigenvalue weighted by Gasteiger charge is -2.05. The van der Waals surface area contributed by atoms with Gasteiger partial charge in [0.05, 0.1) is 18.3 Å². The number of halogens is 1. The Hall–Kier alpha value is -3.05. The summed E-state index contributed by atoms with van der Waals surface area (Å²) in [7, 11) is 0. The third-order valence-electron chi connectivity index (χ3n) is 4.09. The zero-order valence-electron chi connectivity index (χ0n) is 13.9. The van der Waals surface area contributed by atoms with Crippen LogP contribution in [-0.4, -0.2) is 15.7 Å². The highest BCUT2D eigenvalue weighted by Crippen LogP contribution is 2.30. The zero-order chi connectivity index (χ0) is 17.9. The van der Waals surface area contributed by atoms with Crippen LogP contribution in [0.4, 0.5) is 0 Å². The molecule has 2 aromatic heterocycles. The van der Waals surface area contributed by atoms with Crippen molar-refractivity contribution in [3.8, 4) is 11.3 Å². The molecule has 1 amide bonds. The second-order valence-electron chi connectivity index (χ2n) is 5.89. The topological polar surface area (TPSA) is 60.1 Å². The van der Waals surface area contributed by atoms with Gasteiger partial charge in [-0.15, -0.1) is 0 Å². The predicted octanol–water partition coefficient (Wildman–Crippen LogP) is 4.27. The molecule has 0 fully saturated rings. The third-order valence-corrected chi connectivity index (χ3v) is 4.33. The number of nitrogens with one attached hydrogen (secondary N) is 1. The van der Waals surface area contributed by atoms with Crippen molar-refractivity contribution in [1.82, 2.24) is 15.1 Å². The van der Waals surface area contributed by atoms with Gasteiger partial charge in [0, 0.05) is 16.0 Å². The maximum absolute atomic E-state index is 12.3. The van der Waals surface area contributed by atoms with Crippen molar-refractivity contribution in [2.45, 2.75) is 13.1 Å². The molecule has 0 saturated heterocycles. The fourth-order valence-electron chi connectivity index (χ4n) is 2.87. The lowest BCUT2D eigenvalue weighted by molar-refractivity contribution is -0.122. The van der Waals surface area contributed by atoms with E-state index >= 15 is 0 Å². The summed E-state index contributed by atoms with van der Waals surface area (Å²) >= 11 is 6.17. The molecule has 2 heterocycles. The van der Waals surface area contributed by atoms with Crippen molar-refractivity contribution in [3.63, 3.8) is 0 Å². The number of benzene rings is 2. The smallest absolute Gasteiger partial charge is 0.242 e. The number of amides is 1. The minimum atomic E-state index is -0.139. The molecule has 0 saturated carbocycles. The Morgan fingerprint density at radius 2 is 1.96 bits per heavy atom. The molecule has 4 rings (SSSR count). The summed E-state index contributed by atoms with van der Waals surface area (Å²) in [6, 6.07) is 19.0. The number of nitrogens with zero attached hydrogens (tertiary/aromatic N) is 2. The van der Waals surface area contributed by atoms with Gasteiger partial charge in [0.1, 0.15) is 18.0 Å². The molecule has 0 unspecified atom stereocenters. The Bertz CT molecular complexity index is 1040. The fraction of sp³-hybridized carbons (Fsp3) is 0.100. The average Bonchev–Trinajstić information content (AvgIpc) is 3.29. The van der Waals surface area contributed by atoms with Crippen LogP contribution in [0.3, 0.4) is 0 Å². The Morgan fingerprint density at radius 1 is 1.12 bits per heavy atom. The summed E-state index contributed by atoms with van der Waals surface area (Å²) in [5.74, 6) is 0.570. The highest BCUT2D eigenvalue weighted by atomic mass is 35.5. The van der Waals surface area contributed by atoms with E-state index in [2.05, 4.69) is 10.4 Å². The quantitative estimate of drug-likeness (QED) is 0.574. The highest BCUT2D eigenvalue weighted by molar-refractivity contribution is 6.31. The Labute approximate surface area is 155 Å². The van der Waals surface area contributed by atoms with E-state index < -0.39 is 0 Å². The van der Waals surface area contributed by atoms with Crippen LogP contribution < -0.4 is 5.32 Å². The molecule has 0 spiro atoms. The second-order valence-corrected chi connectivity index (χ2v) is 6.33. The number of carbonyl (C=O) groups excluding carboxylic acids is 1. The first kappa shape index (κ1) is 16.4. The van der Waals surface area contributed by atoms with Gasteiger partial charge in [0.15, 0.2) is 0 Å². The molecule has 0 atom stereocenters. The first-order valence-corrected chi connectivity index (χ1v) is 8.59. The van der Waals surface area contributed by atoms with Gasteiger partial charge >= 0.3 is 0 Å². The first-order valence-electron chi connectivity index (χ1n) is 8.21. The van der Waals surface area contributed by atoms with Crippen LogP contribution >= 0.6 is 11.6 Å².